The molecule has 0 heterocycles. The summed E-state index contributed by atoms with van der Waals surface area (Å²) in [4.78, 5) is 11.6. The average molecular weight is 243 g/mol. The van der Waals surface area contributed by atoms with E-state index in [1.165, 1.54) is 6.07 Å². The second kappa shape index (κ2) is 6.38. The number of hydrogen-bond donors (Lipinski definition) is 1. The third-order valence-electron chi connectivity index (χ3n) is 2.16. The van der Waals surface area contributed by atoms with Crippen molar-refractivity contribution in [1.29, 1.82) is 0 Å². The molecule has 0 unspecified atom stereocenters. The second-order valence-electron chi connectivity index (χ2n) is 3.35. The van der Waals surface area contributed by atoms with Crippen LogP contribution >= 0.6 is 11.6 Å². The summed E-state index contributed by atoms with van der Waals surface area (Å²) in [5, 5.41) is 9.36. The van der Waals surface area contributed by atoms with Gasteiger partial charge in [0, 0.05) is 5.88 Å². The van der Waals surface area contributed by atoms with Gasteiger partial charge in [-0.1, -0.05) is 0 Å². The molecule has 3 nitrogen and oxygen atoms in total. The lowest BCUT2D eigenvalue weighted by Gasteiger charge is -2.08. The van der Waals surface area contributed by atoms with E-state index in [1.54, 1.807) is 19.1 Å². The molecule has 0 spiro atoms. The summed E-state index contributed by atoms with van der Waals surface area (Å²) in [6.07, 6.45) is 1.42. The van der Waals surface area contributed by atoms with Crippen molar-refractivity contribution in [2.45, 2.75) is 19.8 Å². The molecule has 0 atom stereocenters. The van der Waals surface area contributed by atoms with Gasteiger partial charge in [0.2, 0.25) is 0 Å². The summed E-state index contributed by atoms with van der Waals surface area (Å²) in [6.45, 7) is 2.10. The van der Waals surface area contributed by atoms with E-state index in [1.807, 2.05) is 0 Å². The van der Waals surface area contributed by atoms with Gasteiger partial charge in [0.05, 0.1) is 12.2 Å². The fourth-order valence-electron chi connectivity index (χ4n) is 1.45. The fraction of sp³-hybridized carbons (Fsp3) is 0.417. The molecule has 0 bridgehead atoms. The predicted molar refractivity (Wildman–Crippen MR) is 63.1 cm³/mol. The summed E-state index contributed by atoms with van der Waals surface area (Å²) in [7, 11) is 0. The van der Waals surface area contributed by atoms with Crippen molar-refractivity contribution in [3.05, 3.63) is 29.3 Å². The highest BCUT2D eigenvalue weighted by Crippen LogP contribution is 2.19. The predicted octanol–water partition coefficient (Wildman–Crippen LogP) is 2.74. The molecule has 0 amide bonds. The number of rotatable bonds is 5. The third kappa shape index (κ3) is 3.42. The Bertz CT molecular complexity index is 363. The van der Waals surface area contributed by atoms with E-state index in [0.29, 0.717) is 24.5 Å². The number of hydrogen-bond acceptors (Lipinski definition) is 3. The first-order valence-corrected chi connectivity index (χ1v) is 5.77. The summed E-state index contributed by atoms with van der Waals surface area (Å²) in [5.41, 5.74) is 1.28. The molecule has 1 aromatic carbocycles. The minimum atomic E-state index is -0.355. The molecule has 0 aliphatic rings. The van der Waals surface area contributed by atoms with Crippen molar-refractivity contribution >= 4 is 17.6 Å². The fourth-order valence-corrected chi connectivity index (χ4v) is 1.59. The van der Waals surface area contributed by atoms with E-state index in [-0.39, 0.29) is 11.7 Å². The Morgan fingerprint density at radius 2 is 2.25 bits per heavy atom. The number of benzene rings is 1. The lowest BCUT2D eigenvalue weighted by Crippen LogP contribution is -2.08. The highest BCUT2D eigenvalue weighted by Gasteiger charge is 2.12. The highest BCUT2D eigenvalue weighted by atomic mass is 35.5. The minimum Gasteiger partial charge on any atom is -0.508 e. The number of phenols is 1. The van der Waals surface area contributed by atoms with Crippen LogP contribution in [0.1, 0.15) is 29.3 Å². The maximum Gasteiger partial charge on any atom is 0.338 e. The quantitative estimate of drug-likeness (QED) is 0.638. The molecule has 1 aromatic rings. The van der Waals surface area contributed by atoms with Gasteiger partial charge in [-0.25, -0.2) is 4.79 Å². The summed E-state index contributed by atoms with van der Waals surface area (Å²) in [5.74, 6) is 0.322. The normalized spacial score (nSPS) is 10.1. The first-order valence-electron chi connectivity index (χ1n) is 5.24. The zero-order chi connectivity index (χ0) is 12.0. The van der Waals surface area contributed by atoms with Crippen LogP contribution in [-0.4, -0.2) is 23.6 Å². The number of carbonyl (C=O) groups excluding carboxylic acids is 1. The number of aromatic hydroxyl groups is 1. The van der Waals surface area contributed by atoms with Crippen LogP contribution in [0.5, 0.6) is 5.75 Å². The van der Waals surface area contributed by atoms with Crippen LogP contribution in [0.2, 0.25) is 0 Å². The smallest absolute Gasteiger partial charge is 0.338 e. The van der Waals surface area contributed by atoms with Crippen molar-refractivity contribution in [3.8, 4) is 5.75 Å². The summed E-state index contributed by atoms with van der Waals surface area (Å²) in [6, 6.07) is 4.64. The van der Waals surface area contributed by atoms with Gasteiger partial charge >= 0.3 is 5.97 Å². The Labute approximate surface area is 100.0 Å². The third-order valence-corrected chi connectivity index (χ3v) is 2.43. The van der Waals surface area contributed by atoms with Gasteiger partial charge < -0.3 is 9.84 Å². The molecule has 16 heavy (non-hydrogen) atoms. The van der Waals surface area contributed by atoms with Crippen LogP contribution in [0.15, 0.2) is 18.2 Å². The SMILES string of the molecule is CCOC(=O)c1ccc(O)cc1CCCCl. The molecule has 4 heteroatoms. The zero-order valence-electron chi connectivity index (χ0n) is 9.20. The largest absolute Gasteiger partial charge is 0.508 e. The number of ether oxygens (including phenoxy) is 1. The van der Waals surface area contributed by atoms with E-state index in [9.17, 15) is 9.90 Å². The van der Waals surface area contributed by atoms with Crippen molar-refractivity contribution < 1.29 is 14.6 Å². The number of halogens is 1. The molecular weight excluding hydrogens is 228 g/mol. The lowest BCUT2D eigenvalue weighted by atomic mass is 10.0. The molecule has 0 radical (unpaired) electrons. The molecular formula is C12H15ClO3. The van der Waals surface area contributed by atoms with E-state index in [2.05, 4.69) is 0 Å². The standard InChI is InChI=1S/C12H15ClO3/c1-2-16-12(15)11-6-5-10(14)8-9(11)4-3-7-13/h5-6,8,14H,2-4,7H2,1H3. The van der Waals surface area contributed by atoms with Gasteiger partial charge in [0.1, 0.15) is 5.75 Å². The molecule has 88 valence electrons. The Morgan fingerprint density at radius 1 is 1.50 bits per heavy atom. The van der Waals surface area contributed by atoms with Crippen molar-refractivity contribution in [2.24, 2.45) is 0 Å². The maximum absolute atomic E-state index is 11.6. The Kier molecular flexibility index (Phi) is 5.12. The van der Waals surface area contributed by atoms with E-state index < -0.39 is 0 Å². The van der Waals surface area contributed by atoms with Gasteiger partial charge in [-0.2, -0.15) is 0 Å². The molecule has 0 saturated carbocycles. The van der Waals surface area contributed by atoms with Crippen LogP contribution in [0.25, 0.3) is 0 Å². The first-order chi connectivity index (χ1) is 7.69. The monoisotopic (exact) mass is 242 g/mol. The molecule has 0 aliphatic carbocycles. The van der Waals surface area contributed by atoms with Crippen LogP contribution in [0, 0.1) is 0 Å². The highest BCUT2D eigenvalue weighted by molar-refractivity contribution is 6.17. The lowest BCUT2D eigenvalue weighted by molar-refractivity contribution is 0.0525. The van der Waals surface area contributed by atoms with E-state index >= 15 is 0 Å². The summed E-state index contributed by atoms with van der Waals surface area (Å²) >= 11 is 5.61. The minimum absolute atomic E-state index is 0.151. The molecule has 0 aliphatic heterocycles. The molecule has 0 saturated heterocycles. The molecule has 0 aromatic heterocycles. The van der Waals surface area contributed by atoms with Gasteiger partial charge in [0.15, 0.2) is 0 Å². The van der Waals surface area contributed by atoms with Crippen LogP contribution in [0.3, 0.4) is 0 Å². The molecule has 0 fully saturated rings. The van der Waals surface area contributed by atoms with Crippen molar-refractivity contribution in [3.63, 3.8) is 0 Å². The molecule has 1 rings (SSSR count). The second-order valence-corrected chi connectivity index (χ2v) is 3.73. The molecule has 1 N–H and O–H groups in total. The Hall–Kier alpha value is -1.22. The topological polar surface area (TPSA) is 46.5 Å². The number of esters is 1. The van der Waals surface area contributed by atoms with Crippen LogP contribution in [-0.2, 0) is 11.2 Å². The van der Waals surface area contributed by atoms with Gasteiger partial charge in [-0.15, -0.1) is 11.6 Å². The maximum atomic E-state index is 11.6. The average Bonchev–Trinajstić information content (AvgIpc) is 2.26. The number of aryl methyl sites for hydroxylation is 1. The van der Waals surface area contributed by atoms with E-state index in [0.717, 1.165) is 12.0 Å². The zero-order valence-corrected chi connectivity index (χ0v) is 9.96. The van der Waals surface area contributed by atoms with Crippen LogP contribution < -0.4 is 0 Å². The van der Waals surface area contributed by atoms with Gasteiger partial charge in [-0.3, -0.25) is 0 Å². The van der Waals surface area contributed by atoms with Gasteiger partial charge in [0.25, 0.3) is 0 Å². The number of phenolic OH excluding ortho intramolecular Hbond substituents is 1. The Morgan fingerprint density at radius 3 is 2.88 bits per heavy atom. The number of carbonyl (C=O) groups is 1. The van der Waals surface area contributed by atoms with Crippen LogP contribution in [0.4, 0.5) is 0 Å². The van der Waals surface area contributed by atoms with Crippen molar-refractivity contribution in [1.82, 2.24) is 0 Å². The van der Waals surface area contributed by atoms with E-state index in [4.69, 9.17) is 16.3 Å². The van der Waals surface area contributed by atoms with Crippen molar-refractivity contribution in [2.75, 3.05) is 12.5 Å². The Balaban J connectivity index is 2.92. The number of alkyl halides is 1. The summed E-state index contributed by atoms with van der Waals surface area (Å²) < 4.78 is 4.93. The first kappa shape index (κ1) is 12.8. The van der Waals surface area contributed by atoms with Gasteiger partial charge in [-0.05, 0) is 43.5 Å².